The van der Waals surface area contributed by atoms with Gasteiger partial charge in [0.15, 0.2) is 0 Å². The summed E-state index contributed by atoms with van der Waals surface area (Å²) in [5.41, 5.74) is 0. The molecular formula is C12H19NO3. The van der Waals surface area contributed by atoms with Crippen LogP contribution in [0.5, 0.6) is 0 Å². The fourth-order valence-electron chi connectivity index (χ4n) is 2.34. The molecule has 0 radical (unpaired) electrons. The minimum Gasteiger partial charge on any atom is -0.446 e. The number of Topliss-reactive ketones (excluding diaryl/α,β-unsaturated/α-hetero) is 1. The lowest BCUT2D eigenvalue weighted by Crippen LogP contribution is -2.40. The van der Waals surface area contributed by atoms with Gasteiger partial charge in [0.05, 0.1) is 0 Å². The molecular weight excluding hydrogens is 206 g/mol. The maximum Gasteiger partial charge on any atom is 0.410 e. The van der Waals surface area contributed by atoms with Crippen LogP contribution < -0.4 is 0 Å². The van der Waals surface area contributed by atoms with E-state index in [0.717, 1.165) is 25.7 Å². The van der Waals surface area contributed by atoms with Crippen LogP contribution in [-0.4, -0.2) is 36.0 Å². The fourth-order valence-corrected chi connectivity index (χ4v) is 2.34. The van der Waals surface area contributed by atoms with Crippen molar-refractivity contribution in [3.05, 3.63) is 0 Å². The van der Waals surface area contributed by atoms with Gasteiger partial charge in [0.2, 0.25) is 0 Å². The molecule has 2 aliphatic rings. The molecule has 1 saturated heterocycles. The zero-order valence-electron chi connectivity index (χ0n) is 9.61. The van der Waals surface area contributed by atoms with E-state index in [0.29, 0.717) is 25.9 Å². The second-order valence-corrected chi connectivity index (χ2v) is 4.67. The number of nitrogens with zero attached hydrogens (tertiary/aromatic N) is 1. The van der Waals surface area contributed by atoms with Crippen molar-refractivity contribution in [2.75, 3.05) is 13.1 Å². The van der Waals surface area contributed by atoms with Crippen LogP contribution in [0.3, 0.4) is 0 Å². The van der Waals surface area contributed by atoms with Crippen molar-refractivity contribution >= 4 is 11.9 Å². The third-order valence-electron chi connectivity index (χ3n) is 3.40. The fraction of sp³-hybridized carbons (Fsp3) is 0.833. The van der Waals surface area contributed by atoms with E-state index in [4.69, 9.17) is 4.74 Å². The summed E-state index contributed by atoms with van der Waals surface area (Å²) in [6.45, 7) is 1.06. The SMILES string of the molecule is O=C1CCN(C(=O)OC2CCCCC2)CC1. The topological polar surface area (TPSA) is 46.6 Å². The standard InChI is InChI=1S/C12H19NO3/c14-10-6-8-13(9-7-10)12(15)16-11-4-2-1-3-5-11/h11H,1-9H2. The van der Waals surface area contributed by atoms with Crippen molar-refractivity contribution in [2.45, 2.75) is 51.0 Å². The Hall–Kier alpha value is -1.06. The highest BCUT2D eigenvalue weighted by molar-refractivity contribution is 5.81. The summed E-state index contributed by atoms with van der Waals surface area (Å²) in [5, 5.41) is 0. The Morgan fingerprint density at radius 3 is 2.38 bits per heavy atom. The first-order valence-electron chi connectivity index (χ1n) is 6.23. The zero-order valence-corrected chi connectivity index (χ0v) is 9.61. The van der Waals surface area contributed by atoms with Crippen LogP contribution in [0.15, 0.2) is 0 Å². The third-order valence-corrected chi connectivity index (χ3v) is 3.40. The van der Waals surface area contributed by atoms with E-state index in [1.54, 1.807) is 4.90 Å². The number of amides is 1. The maximum absolute atomic E-state index is 11.8. The van der Waals surface area contributed by atoms with E-state index in [-0.39, 0.29) is 18.0 Å². The molecule has 1 aliphatic heterocycles. The number of ketones is 1. The largest absolute Gasteiger partial charge is 0.446 e. The summed E-state index contributed by atoms with van der Waals surface area (Å²) >= 11 is 0. The van der Waals surface area contributed by atoms with Crippen molar-refractivity contribution in [3.8, 4) is 0 Å². The van der Waals surface area contributed by atoms with Gasteiger partial charge in [0, 0.05) is 25.9 Å². The predicted octanol–water partition coefficient (Wildman–Crippen LogP) is 2.12. The lowest BCUT2D eigenvalue weighted by molar-refractivity contribution is -0.121. The Morgan fingerprint density at radius 2 is 1.75 bits per heavy atom. The van der Waals surface area contributed by atoms with Crippen LogP contribution >= 0.6 is 0 Å². The maximum atomic E-state index is 11.8. The number of rotatable bonds is 1. The minimum atomic E-state index is -0.223. The highest BCUT2D eigenvalue weighted by Gasteiger charge is 2.25. The molecule has 16 heavy (non-hydrogen) atoms. The molecule has 0 aromatic rings. The molecule has 0 bridgehead atoms. The lowest BCUT2D eigenvalue weighted by atomic mass is 9.98. The number of carbonyl (C=O) groups is 2. The average Bonchev–Trinajstić information content (AvgIpc) is 2.31. The normalized spacial score (nSPS) is 23.2. The lowest BCUT2D eigenvalue weighted by Gasteiger charge is -2.29. The molecule has 0 atom stereocenters. The van der Waals surface area contributed by atoms with Crippen LogP contribution in [0.4, 0.5) is 4.79 Å². The molecule has 0 spiro atoms. The molecule has 1 aliphatic carbocycles. The van der Waals surface area contributed by atoms with E-state index in [9.17, 15) is 9.59 Å². The number of hydrogen-bond acceptors (Lipinski definition) is 3. The van der Waals surface area contributed by atoms with Crippen molar-refractivity contribution in [1.29, 1.82) is 0 Å². The summed E-state index contributed by atoms with van der Waals surface area (Å²) < 4.78 is 5.44. The molecule has 1 amide bonds. The van der Waals surface area contributed by atoms with Gasteiger partial charge in [-0.25, -0.2) is 4.79 Å². The predicted molar refractivity (Wildman–Crippen MR) is 59.2 cm³/mol. The van der Waals surface area contributed by atoms with Gasteiger partial charge in [-0.1, -0.05) is 6.42 Å². The van der Waals surface area contributed by atoms with Gasteiger partial charge >= 0.3 is 6.09 Å². The Labute approximate surface area is 95.9 Å². The second kappa shape index (κ2) is 5.32. The summed E-state index contributed by atoms with van der Waals surface area (Å²) in [5.74, 6) is 0.252. The van der Waals surface area contributed by atoms with Crippen LogP contribution in [0, 0.1) is 0 Å². The molecule has 4 nitrogen and oxygen atoms in total. The first-order valence-corrected chi connectivity index (χ1v) is 6.23. The number of carbonyl (C=O) groups excluding carboxylic acids is 2. The van der Waals surface area contributed by atoms with Gasteiger partial charge < -0.3 is 9.64 Å². The number of likely N-dealkylation sites (tertiary alicyclic amines) is 1. The quantitative estimate of drug-likeness (QED) is 0.686. The van der Waals surface area contributed by atoms with Gasteiger partial charge in [0.1, 0.15) is 11.9 Å². The van der Waals surface area contributed by atoms with Crippen LogP contribution in [0.2, 0.25) is 0 Å². The van der Waals surface area contributed by atoms with Gasteiger partial charge in [-0.15, -0.1) is 0 Å². The number of piperidine rings is 1. The minimum absolute atomic E-state index is 0.110. The van der Waals surface area contributed by atoms with E-state index < -0.39 is 0 Å². The molecule has 1 heterocycles. The molecule has 2 rings (SSSR count). The monoisotopic (exact) mass is 225 g/mol. The van der Waals surface area contributed by atoms with E-state index in [1.165, 1.54) is 6.42 Å². The average molecular weight is 225 g/mol. The number of ether oxygens (including phenoxy) is 1. The molecule has 90 valence electrons. The smallest absolute Gasteiger partial charge is 0.410 e. The van der Waals surface area contributed by atoms with Crippen molar-refractivity contribution in [2.24, 2.45) is 0 Å². The molecule has 0 unspecified atom stereocenters. The molecule has 1 saturated carbocycles. The molecule has 0 aromatic carbocycles. The number of hydrogen-bond donors (Lipinski definition) is 0. The van der Waals surface area contributed by atoms with Crippen LogP contribution in [0.25, 0.3) is 0 Å². The Bertz CT molecular complexity index is 261. The highest BCUT2D eigenvalue weighted by atomic mass is 16.6. The highest BCUT2D eigenvalue weighted by Crippen LogP contribution is 2.21. The Balaban J connectivity index is 1.76. The second-order valence-electron chi connectivity index (χ2n) is 4.67. The summed E-state index contributed by atoms with van der Waals surface area (Å²) in [7, 11) is 0. The molecule has 0 N–H and O–H groups in total. The van der Waals surface area contributed by atoms with Crippen molar-refractivity contribution < 1.29 is 14.3 Å². The van der Waals surface area contributed by atoms with E-state index in [1.807, 2.05) is 0 Å². The van der Waals surface area contributed by atoms with Crippen LogP contribution in [0.1, 0.15) is 44.9 Å². The van der Waals surface area contributed by atoms with E-state index >= 15 is 0 Å². The molecule has 2 fully saturated rings. The first-order chi connectivity index (χ1) is 7.75. The summed E-state index contributed by atoms with van der Waals surface area (Å²) in [6.07, 6.45) is 6.44. The Morgan fingerprint density at radius 1 is 1.12 bits per heavy atom. The van der Waals surface area contributed by atoms with E-state index in [2.05, 4.69) is 0 Å². The van der Waals surface area contributed by atoms with Crippen molar-refractivity contribution in [1.82, 2.24) is 4.90 Å². The third kappa shape index (κ3) is 2.97. The molecule has 0 aromatic heterocycles. The van der Waals surface area contributed by atoms with Crippen molar-refractivity contribution in [3.63, 3.8) is 0 Å². The molecule has 4 heteroatoms. The van der Waals surface area contributed by atoms with Gasteiger partial charge in [-0.2, -0.15) is 0 Å². The zero-order chi connectivity index (χ0) is 11.4. The summed E-state index contributed by atoms with van der Waals surface area (Å²) in [4.78, 5) is 24.5. The van der Waals surface area contributed by atoms with Gasteiger partial charge in [-0.05, 0) is 25.7 Å². The summed E-state index contributed by atoms with van der Waals surface area (Å²) in [6, 6.07) is 0. The van der Waals surface area contributed by atoms with Gasteiger partial charge in [-0.3, -0.25) is 4.79 Å². The first kappa shape index (κ1) is 11.4. The van der Waals surface area contributed by atoms with Crippen LogP contribution in [-0.2, 0) is 9.53 Å². The Kier molecular flexibility index (Phi) is 3.80. The van der Waals surface area contributed by atoms with Gasteiger partial charge in [0.25, 0.3) is 0 Å².